The average Bonchev–Trinajstić information content (AvgIpc) is 1.65. The van der Waals surface area contributed by atoms with Gasteiger partial charge < -0.3 is 15.4 Å². The Hall–Kier alpha value is -0.160. The largest absolute Gasteiger partial charge is 0.394 e. The molecule has 0 fully saturated rings. The van der Waals surface area contributed by atoms with E-state index in [-0.39, 0.29) is 13.2 Å². The molecule has 0 aromatic carbocycles. The van der Waals surface area contributed by atoms with Crippen LogP contribution < -0.4 is 0 Å². The van der Waals surface area contributed by atoms with E-state index >= 15 is 0 Å². The van der Waals surface area contributed by atoms with E-state index in [1.54, 1.807) is 0 Å². The molecule has 3 N–H and O–H groups in total. The molecule has 0 aliphatic carbocycles. The normalized spacial score (nSPS) is 14.6. The van der Waals surface area contributed by atoms with E-state index in [0.717, 1.165) is 5.06 Å². The van der Waals surface area contributed by atoms with Crippen molar-refractivity contribution in [1.82, 2.24) is 5.06 Å². The summed E-state index contributed by atoms with van der Waals surface area (Å²) in [6.45, 7) is -0.235. The van der Waals surface area contributed by atoms with Gasteiger partial charge in [0.1, 0.15) is 0 Å². The molecule has 0 radical (unpaired) electrons. The standard InChI is InChI=1S/C4H11NO3/c1-5(8)2-4(7)3-6/h4,6-8H,2-3H2,1H3/t4-/m0/s1. The topological polar surface area (TPSA) is 63.9 Å². The van der Waals surface area contributed by atoms with Crippen LogP contribution in [0, 0.1) is 0 Å². The lowest BCUT2D eigenvalue weighted by Gasteiger charge is -2.10. The predicted octanol–water partition coefficient (Wildman–Crippen LogP) is -1.34. The first-order valence-electron chi connectivity index (χ1n) is 2.35. The number of aliphatic hydroxyl groups excluding tert-OH is 2. The summed E-state index contributed by atoms with van der Waals surface area (Å²) in [4.78, 5) is 0. The monoisotopic (exact) mass is 121 g/mol. The molecule has 0 aliphatic heterocycles. The second-order valence-electron chi connectivity index (χ2n) is 1.68. The Morgan fingerprint density at radius 1 is 1.62 bits per heavy atom. The van der Waals surface area contributed by atoms with E-state index < -0.39 is 6.10 Å². The second kappa shape index (κ2) is 3.80. The van der Waals surface area contributed by atoms with Crippen molar-refractivity contribution < 1.29 is 15.4 Å². The van der Waals surface area contributed by atoms with Crippen LogP contribution in [0.3, 0.4) is 0 Å². The molecule has 4 nitrogen and oxygen atoms in total. The van der Waals surface area contributed by atoms with Crippen molar-refractivity contribution in [3.8, 4) is 0 Å². The number of hydrogen-bond donors (Lipinski definition) is 3. The van der Waals surface area contributed by atoms with Crippen molar-refractivity contribution in [2.24, 2.45) is 0 Å². The minimum absolute atomic E-state index is 0.0799. The first-order chi connectivity index (χ1) is 3.66. The molecular formula is C4H11NO3. The Labute approximate surface area is 47.9 Å². The summed E-state index contributed by atoms with van der Waals surface area (Å²) in [5.74, 6) is 0. The summed E-state index contributed by atoms with van der Waals surface area (Å²) in [6.07, 6.45) is -0.843. The van der Waals surface area contributed by atoms with E-state index in [4.69, 9.17) is 15.4 Å². The second-order valence-corrected chi connectivity index (χ2v) is 1.68. The Morgan fingerprint density at radius 3 is 2.25 bits per heavy atom. The fourth-order valence-electron chi connectivity index (χ4n) is 0.363. The van der Waals surface area contributed by atoms with E-state index in [1.807, 2.05) is 0 Å². The maximum Gasteiger partial charge on any atom is 0.0920 e. The van der Waals surface area contributed by atoms with E-state index in [1.165, 1.54) is 7.05 Å². The number of hydrogen-bond acceptors (Lipinski definition) is 4. The van der Waals surface area contributed by atoms with Gasteiger partial charge in [-0.2, -0.15) is 5.06 Å². The van der Waals surface area contributed by atoms with Crippen LogP contribution in [0.15, 0.2) is 0 Å². The molecule has 50 valence electrons. The van der Waals surface area contributed by atoms with Crippen LogP contribution >= 0.6 is 0 Å². The van der Waals surface area contributed by atoms with Gasteiger partial charge in [0, 0.05) is 7.05 Å². The lowest BCUT2D eigenvalue weighted by atomic mass is 10.4. The zero-order valence-corrected chi connectivity index (χ0v) is 4.78. The van der Waals surface area contributed by atoms with Gasteiger partial charge in [0.2, 0.25) is 0 Å². The lowest BCUT2D eigenvalue weighted by Crippen LogP contribution is -2.28. The first kappa shape index (κ1) is 7.84. The molecule has 0 aromatic heterocycles. The predicted molar refractivity (Wildman–Crippen MR) is 27.5 cm³/mol. The number of aliphatic hydroxyl groups is 2. The van der Waals surface area contributed by atoms with Crippen LogP contribution in [-0.4, -0.2) is 46.8 Å². The number of nitrogens with zero attached hydrogens (tertiary/aromatic N) is 1. The minimum Gasteiger partial charge on any atom is -0.394 e. The summed E-state index contributed by atoms with van der Waals surface area (Å²) >= 11 is 0. The Bertz CT molecular complexity index is 57.2. The molecule has 0 rings (SSSR count). The third-order valence-corrected chi connectivity index (χ3v) is 0.686. The van der Waals surface area contributed by atoms with Gasteiger partial charge in [0.15, 0.2) is 0 Å². The van der Waals surface area contributed by atoms with Gasteiger partial charge in [-0.25, -0.2) is 0 Å². The summed E-state index contributed by atoms with van der Waals surface area (Å²) < 4.78 is 0. The minimum atomic E-state index is -0.843. The molecule has 0 aliphatic rings. The molecule has 0 saturated heterocycles. The molecule has 4 heteroatoms. The maximum atomic E-state index is 8.58. The van der Waals surface area contributed by atoms with Gasteiger partial charge in [-0.1, -0.05) is 0 Å². The molecule has 8 heavy (non-hydrogen) atoms. The number of likely N-dealkylation sites (N-methyl/N-ethyl adjacent to an activating group) is 1. The van der Waals surface area contributed by atoms with Crippen LogP contribution in [0.5, 0.6) is 0 Å². The molecular weight excluding hydrogens is 110 g/mol. The molecule has 0 aromatic rings. The van der Waals surface area contributed by atoms with E-state index in [0.29, 0.717) is 0 Å². The highest BCUT2D eigenvalue weighted by molar-refractivity contribution is 4.51. The third kappa shape index (κ3) is 4.01. The zero-order chi connectivity index (χ0) is 6.57. The SMILES string of the molecule is CN(O)C[C@H](O)CO. The van der Waals surface area contributed by atoms with Crippen LogP contribution in [0.25, 0.3) is 0 Å². The first-order valence-corrected chi connectivity index (χ1v) is 2.35. The molecule has 0 amide bonds. The Morgan fingerprint density at radius 2 is 2.12 bits per heavy atom. The highest BCUT2D eigenvalue weighted by Crippen LogP contribution is 1.81. The molecule has 0 spiro atoms. The summed E-state index contributed by atoms with van der Waals surface area (Å²) in [7, 11) is 1.40. The smallest absolute Gasteiger partial charge is 0.0920 e. The van der Waals surface area contributed by atoms with Crippen molar-refractivity contribution in [1.29, 1.82) is 0 Å². The van der Waals surface area contributed by atoms with Crippen LogP contribution in [0.2, 0.25) is 0 Å². The van der Waals surface area contributed by atoms with Crippen LogP contribution in [0.1, 0.15) is 0 Å². The quantitative estimate of drug-likeness (QED) is 0.404. The fraction of sp³-hybridized carbons (Fsp3) is 1.00. The Kier molecular flexibility index (Phi) is 3.72. The Balaban J connectivity index is 3.10. The maximum absolute atomic E-state index is 8.58. The fourth-order valence-corrected chi connectivity index (χ4v) is 0.363. The molecule has 0 saturated carbocycles. The van der Waals surface area contributed by atoms with Crippen LogP contribution in [-0.2, 0) is 0 Å². The molecule has 0 unspecified atom stereocenters. The van der Waals surface area contributed by atoms with Crippen molar-refractivity contribution in [2.45, 2.75) is 6.10 Å². The molecule has 1 atom stereocenters. The summed E-state index contributed by atoms with van der Waals surface area (Å²) in [5, 5.41) is 26.0. The zero-order valence-electron chi connectivity index (χ0n) is 4.78. The third-order valence-electron chi connectivity index (χ3n) is 0.686. The lowest BCUT2D eigenvalue weighted by molar-refractivity contribution is -0.0964. The highest BCUT2D eigenvalue weighted by Gasteiger charge is 2.02. The average molecular weight is 121 g/mol. The van der Waals surface area contributed by atoms with Crippen molar-refractivity contribution in [3.63, 3.8) is 0 Å². The van der Waals surface area contributed by atoms with Gasteiger partial charge in [-0.15, -0.1) is 0 Å². The van der Waals surface area contributed by atoms with Gasteiger partial charge in [-0.3, -0.25) is 0 Å². The molecule has 0 heterocycles. The number of rotatable bonds is 3. The van der Waals surface area contributed by atoms with Gasteiger partial charge >= 0.3 is 0 Å². The van der Waals surface area contributed by atoms with Crippen LogP contribution in [0.4, 0.5) is 0 Å². The molecule has 0 bridgehead atoms. The summed E-state index contributed by atoms with van der Waals surface area (Å²) in [5.41, 5.74) is 0. The van der Waals surface area contributed by atoms with Crippen molar-refractivity contribution in [2.75, 3.05) is 20.2 Å². The highest BCUT2D eigenvalue weighted by atomic mass is 16.5. The van der Waals surface area contributed by atoms with E-state index in [2.05, 4.69) is 0 Å². The number of hydroxylamine groups is 2. The van der Waals surface area contributed by atoms with Crippen molar-refractivity contribution >= 4 is 0 Å². The van der Waals surface area contributed by atoms with Gasteiger partial charge in [0.05, 0.1) is 19.3 Å². The summed E-state index contributed by atoms with van der Waals surface area (Å²) in [6, 6.07) is 0. The van der Waals surface area contributed by atoms with E-state index in [9.17, 15) is 0 Å². The van der Waals surface area contributed by atoms with Gasteiger partial charge in [-0.05, 0) is 0 Å². The van der Waals surface area contributed by atoms with Crippen molar-refractivity contribution in [3.05, 3.63) is 0 Å². The van der Waals surface area contributed by atoms with Gasteiger partial charge in [0.25, 0.3) is 0 Å².